The second kappa shape index (κ2) is 6.53. The number of halogens is 2. The van der Waals surface area contributed by atoms with Crippen LogP contribution in [-0.4, -0.2) is 35.7 Å². The van der Waals surface area contributed by atoms with Gasteiger partial charge in [-0.05, 0) is 31.0 Å². The van der Waals surface area contributed by atoms with Crippen LogP contribution in [-0.2, 0) is 9.53 Å². The van der Waals surface area contributed by atoms with Crippen molar-refractivity contribution < 1.29 is 23.8 Å². The van der Waals surface area contributed by atoms with E-state index < -0.39 is 23.2 Å². The highest BCUT2D eigenvalue weighted by Gasteiger charge is 2.36. The van der Waals surface area contributed by atoms with E-state index in [1.807, 2.05) is 0 Å². The summed E-state index contributed by atoms with van der Waals surface area (Å²) in [4.78, 5) is 23.3. The van der Waals surface area contributed by atoms with Gasteiger partial charge < -0.3 is 15.2 Å². The zero-order chi connectivity index (χ0) is 15.5. The molecule has 114 valence electrons. The van der Waals surface area contributed by atoms with Crippen LogP contribution in [0.25, 0.3) is 0 Å². The van der Waals surface area contributed by atoms with E-state index in [9.17, 15) is 14.0 Å². The molecule has 0 atom stereocenters. The molecule has 1 saturated heterocycles. The first-order chi connectivity index (χ1) is 9.90. The lowest BCUT2D eigenvalue weighted by atomic mass is 9.86. The van der Waals surface area contributed by atoms with Gasteiger partial charge in [0.25, 0.3) is 5.91 Å². The molecule has 0 bridgehead atoms. The Hall–Kier alpha value is -1.47. The molecule has 1 aromatic carbocycles. The van der Waals surface area contributed by atoms with Crippen molar-refractivity contribution in [2.45, 2.75) is 24.8 Å². The Labute approximate surface area is 129 Å². The maximum Gasteiger partial charge on any atom is 0.305 e. The number of benzene rings is 1. The molecule has 0 unspecified atom stereocenters. The molecular weight excluding hydrogens is 345 g/mol. The van der Waals surface area contributed by atoms with Crippen molar-refractivity contribution in [3.05, 3.63) is 34.1 Å². The van der Waals surface area contributed by atoms with Gasteiger partial charge in [-0.2, -0.15) is 0 Å². The topological polar surface area (TPSA) is 75.6 Å². The highest BCUT2D eigenvalue weighted by atomic mass is 79.9. The molecule has 1 amide bonds. The maximum atomic E-state index is 13.3. The molecule has 1 fully saturated rings. The Morgan fingerprint density at radius 3 is 2.57 bits per heavy atom. The number of carboxylic acid groups (broad SMARTS) is 1. The van der Waals surface area contributed by atoms with Gasteiger partial charge >= 0.3 is 5.97 Å². The van der Waals surface area contributed by atoms with E-state index in [2.05, 4.69) is 21.2 Å². The molecule has 0 spiro atoms. The molecule has 1 aromatic rings. The molecule has 0 radical (unpaired) electrons. The average molecular weight is 360 g/mol. The van der Waals surface area contributed by atoms with Crippen molar-refractivity contribution >= 4 is 27.8 Å². The zero-order valence-electron chi connectivity index (χ0n) is 11.2. The third-order valence-electron chi connectivity index (χ3n) is 3.44. The molecule has 0 aromatic heterocycles. The minimum absolute atomic E-state index is 0.151. The van der Waals surface area contributed by atoms with E-state index in [0.717, 1.165) is 6.07 Å². The molecule has 1 aliphatic heterocycles. The largest absolute Gasteiger partial charge is 0.481 e. The van der Waals surface area contributed by atoms with Crippen molar-refractivity contribution in [3.63, 3.8) is 0 Å². The highest BCUT2D eigenvalue weighted by molar-refractivity contribution is 9.10. The second-order valence-corrected chi connectivity index (χ2v) is 5.99. The van der Waals surface area contributed by atoms with E-state index in [0.29, 0.717) is 30.5 Å². The smallest absolute Gasteiger partial charge is 0.305 e. The number of nitrogens with one attached hydrogen (secondary N) is 1. The Morgan fingerprint density at radius 1 is 1.33 bits per heavy atom. The number of hydrogen-bond acceptors (Lipinski definition) is 3. The van der Waals surface area contributed by atoms with Crippen LogP contribution in [0.3, 0.4) is 0 Å². The zero-order valence-corrected chi connectivity index (χ0v) is 12.8. The first kappa shape index (κ1) is 15.9. The number of amides is 1. The number of aliphatic carboxylic acids is 1. The van der Waals surface area contributed by atoms with Crippen molar-refractivity contribution in [1.29, 1.82) is 0 Å². The Morgan fingerprint density at radius 2 is 2.00 bits per heavy atom. The third-order valence-corrected chi connectivity index (χ3v) is 3.90. The van der Waals surface area contributed by atoms with E-state index in [-0.39, 0.29) is 12.0 Å². The predicted molar refractivity (Wildman–Crippen MR) is 76.6 cm³/mol. The quantitative estimate of drug-likeness (QED) is 0.864. The molecule has 2 N–H and O–H groups in total. The normalized spacial score (nSPS) is 17.2. The van der Waals surface area contributed by atoms with E-state index in [1.165, 1.54) is 12.1 Å². The highest BCUT2D eigenvalue weighted by Crippen LogP contribution is 2.25. The summed E-state index contributed by atoms with van der Waals surface area (Å²) < 4.78 is 19.0. The van der Waals surface area contributed by atoms with Crippen LogP contribution < -0.4 is 5.32 Å². The van der Waals surface area contributed by atoms with Gasteiger partial charge in [0.1, 0.15) is 5.82 Å². The average Bonchev–Trinajstić information content (AvgIpc) is 2.37. The second-order valence-electron chi connectivity index (χ2n) is 5.08. The van der Waals surface area contributed by atoms with Crippen LogP contribution in [0, 0.1) is 5.82 Å². The van der Waals surface area contributed by atoms with Crippen molar-refractivity contribution in [1.82, 2.24) is 5.32 Å². The summed E-state index contributed by atoms with van der Waals surface area (Å²) in [6, 6.07) is 3.86. The van der Waals surface area contributed by atoms with E-state index >= 15 is 0 Å². The summed E-state index contributed by atoms with van der Waals surface area (Å²) in [7, 11) is 0. The van der Waals surface area contributed by atoms with Crippen LogP contribution in [0.4, 0.5) is 4.39 Å². The van der Waals surface area contributed by atoms with Crippen LogP contribution in [0.5, 0.6) is 0 Å². The van der Waals surface area contributed by atoms with Gasteiger partial charge in [-0.15, -0.1) is 0 Å². The minimum Gasteiger partial charge on any atom is -0.481 e. The fourth-order valence-electron chi connectivity index (χ4n) is 2.40. The Kier molecular flexibility index (Phi) is 4.95. The van der Waals surface area contributed by atoms with Gasteiger partial charge in [-0.25, -0.2) is 4.39 Å². The third kappa shape index (κ3) is 4.25. The molecular formula is C14H15BrFNO4. The summed E-state index contributed by atoms with van der Waals surface area (Å²) in [6.07, 6.45) is 0.654. The Bertz CT molecular complexity index is 538. The van der Waals surface area contributed by atoms with Crippen LogP contribution >= 0.6 is 15.9 Å². The van der Waals surface area contributed by atoms with Gasteiger partial charge in [0.05, 0.1) is 12.0 Å². The first-order valence-corrected chi connectivity index (χ1v) is 7.28. The summed E-state index contributed by atoms with van der Waals surface area (Å²) in [5.74, 6) is -2.01. The maximum absolute atomic E-state index is 13.3. The number of hydrogen-bond donors (Lipinski definition) is 2. The molecule has 0 aliphatic carbocycles. The standard InChI is InChI=1S/C14H15BrFNO4/c15-10-5-9(6-11(16)7-10)13(20)17-14(8-12(18)19)1-3-21-4-2-14/h5-7H,1-4,8H2,(H,17,20)(H,18,19). The van der Waals surface area contributed by atoms with E-state index in [1.54, 1.807) is 0 Å². The molecule has 1 heterocycles. The number of carbonyl (C=O) groups excluding carboxylic acids is 1. The molecule has 2 rings (SSSR count). The summed E-state index contributed by atoms with van der Waals surface area (Å²) in [5.41, 5.74) is -0.696. The SMILES string of the molecule is O=C(O)CC1(NC(=O)c2cc(F)cc(Br)c2)CCOCC1. The van der Waals surface area contributed by atoms with Crippen molar-refractivity contribution in [2.24, 2.45) is 0 Å². The van der Waals surface area contributed by atoms with Crippen LogP contribution in [0.15, 0.2) is 22.7 Å². The lowest BCUT2D eigenvalue weighted by Gasteiger charge is -2.36. The molecule has 7 heteroatoms. The van der Waals surface area contributed by atoms with Crippen molar-refractivity contribution in [3.8, 4) is 0 Å². The monoisotopic (exact) mass is 359 g/mol. The Balaban J connectivity index is 2.19. The van der Waals surface area contributed by atoms with Gasteiger partial charge in [0.15, 0.2) is 0 Å². The number of carbonyl (C=O) groups is 2. The lowest BCUT2D eigenvalue weighted by molar-refractivity contribution is -0.139. The lowest BCUT2D eigenvalue weighted by Crippen LogP contribution is -2.53. The van der Waals surface area contributed by atoms with Gasteiger partial charge in [0, 0.05) is 23.2 Å². The fourth-order valence-corrected chi connectivity index (χ4v) is 2.86. The summed E-state index contributed by atoms with van der Waals surface area (Å²) in [5, 5.41) is 11.8. The first-order valence-electron chi connectivity index (χ1n) is 6.48. The minimum atomic E-state index is -0.988. The predicted octanol–water partition coefficient (Wildman–Crippen LogP) is 2.34. The number of carboxylic acids is 1. The number of rotatable bonds is 4. The van der Waals surface area contributed by atoms with Gasteiger partial charge in [0.2, 0.25) is 0 Å². The fraction of sp³-hybridized carbons (Fsp3) is 0.429. The van der Waals surface area contributed by atoms with Crippen molar-refractivity contribution in [2.75, 3.05) is 13.2 Å². The molecule has 1 aliphatic rings. The van der Waals surface area contributed by atoms with Crippen LogP contribution in [0.1, 0.15) is 29.6 Å². The van der Waals surface area contributed by atoms with Gasteiger partial charge in [-0.1, -0.05) is 15.9 Å². The molecule has 21 heavy (non-hydrogen) atoms. The molecule has 5 nitrogen and oxygen atoms in total. The number of ether oxygens (including phenoxy) is 1. The summed E-state index contributed by atoms with van der Waals surface area (Å²) >= 11 is 3.13. The summed E-state index contributed by atoms with van der Waals surface area (Å²) in [6.45, 7) is 0.779. The molecule has 0 saturated carbocycles. The van der Waals surface area contributed by atoms with E-state index in [4.69, 9.17) is 9.84 Å². The van der Waals surface area contributed by atoms with Gasteiger partial charge in [-0.3, -0.25) is 9.59 Å². The van der Waals surface area contributed by atoms with Crippen LogP contribution in [0.2, 0.25) is 0 Å².